The maximum Gasteiger partial charge on any atom is 0.190 e. The van der Waals surface area contributed by atoms with Gasteiger partial charge >= 0.3 is 0 Å². The summed E-state index contributed by atoms with van der Waals surface area (Å²) >= 11 is 0. The molecule has 8 nitrogen and oxygen atoms in total. The lowest BCUT2D eigenvalue weighted by Gasteiger charge is -2.37. The number of hydrogen-bond acceptors (Lipinski definition) is 6. The highest BCUT2D eigenvalue weighted by atomic mass is 16.8. The van der Waals surface area contributed by atoms with E-state index in [4.69, 9.17) is 19.7 Å². The lowest BCUT2D eigenvalue weighted by atomic mass is 9.99. The molecule has 0 saturated carbocycles. The lowest BCUT2D eigenvalue weighted by Crippen LogP contribution is -2.57. The van der Waals surface area contributed by atoms with E-state index in [9.17, 15) is 10.2 Å². The smallest absolute Gasteiger partial charge is 0.190 e. The summed E-state index contributed by atoms with van der Waals surface area (Å²) in [6.45, 7) is 3.31. The molecule has 2 aliphatic heterocycles. The van der Waals surface area contributed by atoms with E-state index in [2.05, 4.69) is 10.0 Å². The number of aliphatic hydroxyl groups excluding tert-OH is 2. The summed E-state index contributed by atoms with van der Waals surface area (Å²) in [4.78, 5) is 2.58. The summed E-state index contributed by atoms with van der Waals surface area (Å²) in [7, 11) is 0. The van der Waals surface area contributed by atoms with Gasteiger partial charge in [-0.3, -0.25) is 0 Å². The normalized spacial score (nSPS) is 43.9. The molecule has 17 heavy (non-hydrogen) atoms. The molecule has 96 valence electrons. The van der Waals surface area contributed by atoms with Crippen molar-refractivity contribution in [1.29, 1.82) is 0 Å². The van der Waals surface area contributed by atoms with E-state index in [1.54, 1.807) is 13.8 Å². The van der Waals surface area contributed by atoms with Gasteiger partial charge in [0.25, 0.3) is 0 Å². The number of rotatable bonds is 2. The van der Waals surface area contributed by atoms with Gasteiger partial charge in [0.05, 0.1) is 12.6 Å². The summed E-state index contributed by atoms with van der Waals surface area (Å²) < 4.78 is 16.3. The van der Waals surface area contributed by atoms with Crippen LogP contribution in [0.25, 0.3) is 10.4 Å². The highest BCUT2D eigenvalue weighted by Gasteiger charge is 2.53. The van der Waals surface area contributed by atoms with Crippen LogP contribution in [0.5, 0.6) is 0 Å². The molecule has 8 heteroatoms. The first-order valence-electron chi connectivity index (χ1n) is 5.33. The largest absolute Gasteiger partial charge is 0.388 e. The van der Waals surface area contributed by atoms with Crippen LogP contribution in [0.1, 0.15) is 13.8 Å². The second kappa shape index (κ2) is 4.41. The molecule has 0 aromatic carbocycles. The maximum atomic E-state index is 9.88. The SMILES string of the molecule is CC1(C)O[C@H]2O[C@@H](CN=[N+]=[N-])[C@@H](O)[C@H](O)[C@H]2O1. The van der Waals surface area contributed by atoms with Crippen LogP contribution in [-0.4, -0.2) is 53.3 Å². The zero-order valence-electron chi connectivity index (χ0n) is 9.55. The van der Waals surface area contributed by atoms with Gasteiger partial charge in [-0.25, -0.2) is 0 Å². The third-order valence-corrected chi connectivity index (χ3v) is 2.79. The van der Waals surface area contributed by atoms with Crippen molar-refractivity contribution in [3.63, 3.8) is 0 Å². The molecule has 0 radical (unpaired) electrons. The molecular formula is C9H15N3O5. The molecule has 0 spiro atoms. The van der Waals surface area contributed by atoms with E-state index < -0.39 is 36.5 Å². The van der Waals surface area contributed by atoms with Crippen LogP contribution >= 0.6 is 0 Å². The van der Waals surface area contributed by atoms with Crippen LogP contribution in [-0.2, 0) is 14.2 Å². The predicted octanol–water partition coefficient (Wildman–Crippen LogP) is -0.105. The Hall–Kier alpha value is -0.890. The molecule has 0 unspecified atom stereocenters. The molecule has 2 saturated heterocycles. The van der Waals surface area contributed by atoms with E-state index in [1.807, 2.05) is 0 Å². The maximum absolute atomic E-state index is 9.88. The molecule has 0 aromatic rings. The summed E-state index contributed by atoms with van der Waals surface area (Å²) in [5.74, 6) is -0.872. The molecule has 0 bridgehead atoms. The molecule has 2 N–H and O–H groups in total. The van der Waals surface area contributed by atoms with E-state index in [-0.39, 0.29) is 6.54 Å². The van der Waals surface area contributed by atoms with E-state index in [1.165, 1.54) is 0 Å². The Morgan fingerprint density at radius 2 is 2.00 bits per heavy atom. The van der Waals surface area contributed by atoms with Crippen LogP contribution in [0.4, 0.5) is 0 Å². The fourth-order valence-electron chi connectivity index (χ4n) is 2.03. The van der Waals surface area contributed by atoms with Gasteiger partial charge in [-0.05, 0) is 19.4 Å². The number of fused-ring (bicyclic) bond motifs is 1. The Labute approximate surface area is 97.7 Å². The van der Waals surface area contributed by atoms with Crippen molar-refractivity contribution in [1.82, 2.24) is 0 Å². The van der Waals surface area contributed by atoms with Gasteiger partial charge < -0.3 is 24.4 Å². The Bertz CT molecular complexity index is 344. The topological polar surface area (TPSA) is 117 Å². The third-order valence-electron chi connectivity index (χ3n) is 2.79. The first-order valence-corrected chi connectivity index (χ1v) is 5.33. The first-order chi connectivity index (χ1) is 7.94. The Kier molecular flexibility index (Phi) is 3.26. The van der Waals surface area contributed by atoms with Gasteiger partial charge in [-0.15, -0.1) is 0 Å². The Balaban J connectivity index is 2.10. The van der Waals surface area contributed by atoms with E-state index in [0.717, 1.165) is 0 Å². The second-order valence-corrected chi connectivity index (χ2v) is 4.54. The summed E-state index contributed by atoms with van der Waals surface area (Å²) in [5, 5.41) is 23.0. The minimum absolute atomic E-state index is 0.0677. The van der Waals surface area contributed by atoms with Crippen molar-refractivity contribution >= 4 is 0 Å². The average Bonchev–Trinajstić information content (AvgIpc) is 2.57. The lowest BCUT2D eigenvalue weighted by molar-refractivity contribution is -0.247. The molecule has 5 atom stereocenters. The monoisotopic (exact) mass is 245 g/mol. The van der Waals surface area contributed by atoms with E-state index >= 15 is 0 Å². The average molecular weight is 245 g/mol. The molecule has 2 aliphatic rings. The molecule has 2 heterocycles. The summed E-state index contributed by atoms with van der Waals surface area (Å²) in [6, 6.07) is 0. The zero-order chi connectivity index (χ0) is 12.6. The molecule has 2 rings (SSSR count). The summed E-state index contributed by atoms with van der Waals surface area (Å²) in [5.41, 5.74) is 8.22. The quantitative estimate of drug-likeness (QED) is 0.400. The van der Waals surface area contributed by atoms with Crippen LogP contribution in [0.3, 0.4) is 0 Å². The molecule has 0 aliphatic carbocycles. The molecule has 2 fully saturated rings. The highest BCUT2D eigenvalue weighted by molar-refractivity contribution is 4.94. The minimum Gasteiger partial charge on any atom is -0.388 e. The van der Waals surface area contributed by atoms with Crippen LogP contribution < -0.4 is 0 Å². The van der Waals surface area contributed by atoms with Gasteiger partial charge in [0.2, 0.25) is 0 Å². The van der Waals surface area contributed by atoms with Crippen LogP contribution in [0.2, 0.25) is 0 Å². The first kappa shape index (κ1) is 12.6. The van der Waals surface area contributed by atoms with Crippen molar-refractivity contribution < 1.29 is 24.4 Å². The third kappa shape index (κ3) is 2.37. The molecule has 0 amide bonds. The highest BCUT2D eigenvalue weighted by Crippen LogP contribution is 2.36. The Morgan fingerprint density at radius 1 is 1.29 bits per heavy atom. The fourth-order valence-corrected chi connectivity index (χ4v) is 2.03. The Morgan fingerprint density at radius 3 is 2.65 bits per heavy atom. The van der Waals surface area contributed by atoms with Gasteiger partial charge in [0, 0.05) is 4.91 Å². The van der Waals surface area contributed by atoms with Crippen LogP contribution in [0.15, 0.2) is 5.11 Å². The van der Waals surface area contributed by atoms with Crippen molar-refractivity contribution in [3.8, 4) is 0 Å². The molecular weight excluding hydrogens is 230 g/mol. The second-order valence-electron chi connectivity index (χ2n) is 4.54. The molecule has 0 aromatic heterocycles. The number of azide groups is 1. The van der Waals surface area contributed by atoms with E-state index in [0.29, 0.717) is 0 Å². The summed E-state index contributed by atoms with van der Waals surface area (Å²) in [6.07, 6.45) is -4.59. The van der Waals surface area contributed by atoms with Gasteiger partial charge in [-0.1, -0.05) is 5.11 Å². The van der Waals surface area contributed by atoms with Crippen LogP contribution in [0, 0.1) is 0 Å². The number of nitrogens with zero attached hydrogens (tertiary/aromatic N) is 3. The number of aliphatic hydroxyl groups is 2. The number of ether oxygens (including phenoxy) is 3. The van der Waals surface area contributed by atoms with Crippen molar-refractivity contribution in [2.75, 3.05) is 6.54 Å². The van der Waals surface area contributed by atoms with Crippen molar-refractivity contribution in [2.24, 2.45) is 5.11 Å². The number of hydrogen-bond donors (Lipinski definition) is 2. The fraction of sp³-hybridized carbons (Fsp3) is 1.00. The van der Waals surface area contributed by atoms with Gasteiger partial charge in [-0.2, -0.15) is 0 Å². The van der Waals surface area contributed by atoms with Crippen molar-refractivity contribution in [2.45, 2.75) is 50.3 Å². The van der Waals surface area contributed by atoms with Gasteiger partial charge in [0.1, 0.15) is 18.3 Å². The standard InChI is InChI=1S/C9H15N3O5/c1-9(2)16-7-6(14)5(13)4(3-11-12-10)15-8(7)17-9/h4-8,13-14H,3H2,1-2H3/t4-,5+,6-,7+,8+/m0/s1. The van der Waals surface area contributed by atoms with Gasteiger partial charge in [0.15, 0.2) is 12.1 Å². The van der Waals surface area contributed by atoms with Crippen molar-refractivity contribution in [3.05, 3.63) is 10.4 Å². The predicted molar refractivity (Wildman–Crippen MR) is 54.7 cm³/mol. The minimum atomic E-state index is -1.17. The zero-order valence-corrected chi connectivity index (χ0v) is 9.55.